The summed E-state index contributed by atoms with van der Waals surface area (Å²) in [7, 11) is -3.90. The minimum atomic E-state index is -3.90. The van der Waals surface area contributed by atoms with E-state index in [4.69, 9.17) is 9.88 Å². The molecule has 0 aromatic heterocycles. The van der Waals surface area contributed by atoms with Crippen LogP contribution in [0.3, 0.4) is 0 Å². The average molecular weight is 460 g/mol. The summed E-state index contributed by atoms with van der Waals surface area (Å²) in [5.41, 5.74) is 2.66. The number of hydrogen-bond donors (Lipinski definition) is 1. The molecule has 0 amide bonds. The highest BCUT2D eigenvalue weighted by Gasteiger charge is 2.24. The second-order valence-corrected chi connectivity index (χ2v) is 9.22. The maximum atomic E-state index is 12.6. The molecule has 5 nitrogen and oxygen atoms in total. The summed E-state index contributed by atoms with van der Waals surface area (Å²) < 4.78 is 30.4. The zero-order valence-corrected chi connectivity index (χ0v) is 17.3. The van der Waals surface area contributed by atoms with Crippen LogP contribution in [0.1, 0.15) is 33.5 Å². The molecule has 144 valence electrons. The van der Waals surface area contributed by atoms with Crippen LogP contribution in [-0.2, 0) is 34.2 Å². The second-order valence-electron chi connectivity index (χ2n) is 6.84. The fourth-order valence-corrected chi connectivity index (χ4v) is 5.09. The zero-order chi connectivity index (χ0) is 19.9. The number of rotatable bonds is 4. The van der Waals surface area contributed by atoms with E-state index in [-0.39, 0.29) is 17.1 Å². The minimum absolute atomic E-state index is 0.0311. The molecular formula is C21H18BrNO4S. The highest BCUT2D eigenvalue weighted by molar-refractivity contribution is 9.10. The highest BCUT2D eigenvalue weighted by atomic mass is 79.9. The van der Waals surface area contributed by atoms with Crippen molar-refractivity contribution in [3.8, 4) is 0 Å². The number of hydrogen-bond acceptors (Lipinski definition) is 4. The van der Waals surface area contributed by atoms with Gasteiger partial charge in [-0.2, -0.15) is 0 Å². The van der Waals surface area contributed by atoms with Crippen LogP contribution < -0.4 is 5.14 Å². The third kappa shape index (κ3) is 3.57. The number of fused-ring (bicyclic) bond motifs is 2. The summed E-state index contributed by atoms with van der Waals surface area (Å²) >= 11 is 3.53. The maximum absolute atomic E-state index is 12.6. The summed E-state index contributed by atoms with van der Waals surface area (Å²) in [5.74, 6) is -0.563. The first-order valence-electron chi connectivity index (χ1n) is 8.86. The lowest BCUT2D eigenvalue weighted by atomic mass is 10.0. The molecule has 0 unspecified atom stereocenters. The third-order valence-corrected chi connectivity index (χ3v) is 6.70. The van der Waals surface area contributed by atoms with Crippen molar-refractivity contribution in [1.82, 2.24) is 0 Å². The minimum Gasteiger partial charge on any atom is -0.457 e. The molecule has 0 aliphatic heterocycles. The van der Waals surface area contributed by atoms with Gasteiger partial charge in [0.2, 0.25) is 10.0 Å². The summed E-state index contributed by atoms with van der Waals surface area (Å²) in [4.78, 5) is 12.7. The Morgan fingerprint density at radius 2 is 1.82 bits per heavy atom. The van der Waals surface area contributed by atoms with Crippen molar-refractivity contribution >= 4 is 42.7 Å². The van der Waals surface area contributed by atoms with Gasteiger partial charge in [-0.15, -0.1) is 0 Å². The van der Waals surface area contributed by atoms with Gasteiger partial charge in [0, 0.05) is 4.47 Å². The van der Waals surface area contributed by atoms with Crippen LogP contribution >= 0.6 is 15.9 Å². The van der Waals surface area contributed by atoms with Crippen LogP contribution in [0, 0.1) is 0 Å². The molecule has 0 radical (unpaired) electrons. The Labute approximate surface area is 171 Å². The molecule has 1 aliphatic carbocycles. The molecule has 7 heteroatoms. The van der Waals surface area contributed by atoms with Crippen molar-refractivity contribution in [3.05, 3.63) is 75.3 Å². The molecule has 3 aromatic carbocycles. The number of carbonyl (C=O) groups is 1. The summed E-state index contributed by atoms with van der Waals surface area (Å²) in [6.45, 7) is 0.0917. The number of nitrogens with two attached hydrogens (primary N) is 1. The van der Waals surface area contributed by atoms with E-state index in [0.29, 0.717) is 6.42 Å². The Kier molecular flexibility index (Phi) is 4.99. The molecule has 1 aliphatic rings. The maximum Gasteiger partial charge on any atom is 0.338 e. The van der Waals surface area contributed by atoms with Crippen molar-refractivity contribution in [2.24, 2.45) is 5.14 Å². The highest BCUT2D eigenvalue weighted by Crippen LogP contribution is 2.30. The van der Waals surface area contributed by atoms with E-state index < -0.39 is 16.0 Å². The van der Waals surface area contributed by atoms with Crippen LogP contribution in [0.2, 0.25) is 0 Å². The van der Waals surface area contributed by atoms with Gasteiger partial charge >= 0.3 is 5.97 Å². The Balaban J connectivity index is 1.63. The first-order chi connectivity index (χ1) is 13.3. The van der Waals surface area contributed by atoms with Gasteiger partial charge in [-0.05, 0) is 64.9 Å². The van der Waals surface area contributed by atoms with E-state index in [1.807, 2.05) is 36.4 Å². The van der Waals surface area contributed by atoms with Crippen molar-refractivity contribution < 1.29 is 17.9 Å². The topological polar surface area (TPSA) is 86.5 Å². The van der Waals surface area contributed by atoms with Crippen molar-refractivity contribution in [2.45, 2.75) is 30.8 Å². The molecular weight excluding hydrogens is 442 g/mol. The normalized spacial score (nSPS) is 13.5. The van der Waals surface area contributed by atoms with Gasteiger partial charge in [0.05, 0.1) is 10.5 Å². The lowest BCUT2D eigenvalue weighted by molar-refractivity contribution is 0.0474. The van der Waals surface area contributed by atoms with Crippen molar-refractivity contribution in [3.63, 3.8) is 0 Å². The number of aryl methyl sites for hydroxylation is 1. The Bertz CT molecular complexity index is 1200. The third-order valence-electron chi connectivity index (χ3n) is 5.03. The van der Waals surface area contributed by atoms with E-state index in [1.165, 1.54) is 6.07 Å². The Morgan fingerprint density at radius 1 is 1.07 bits per heavy atom. The predicted molar refractivity (Wildman–Crippen MR) is 111 cm³/mol. The molecule has 0 bridgehead atoms. The van der Waals surface area contributed by atoms with Gasteiger partial charge < -0.3 is 4.74 Å². The molecule has 3 aromatic rings. The molecule has 28 heavy (non-hydrogen) atoms. The molecule has 0 fully saturated rings. The van der Waals surface area contributed by atoms with Gasteiger partial charge in [0.25, 0.3) is 0 Å². The van der Waals surface area contributed by atoms with E-state index >= 15 is 0 Å². The number of esters is 1. The van der Waals surface area contributed by atoms with E-state index in [1.54, 1.807) is 6.07 Å². The Hall–Kier alpha value is -2.22. The second kappa shape index (κ2) is 7.31. The SMILES string of the molecule is NS(=O)(=O)c1cc(C(=O)OCc2cccc3c(Br)cccc23)cc2c1CCC2. The largest absolute Gasteiger partial charge is 0.457 e. The van der Waals surface area contributed by atoms with Crippen molar-refractivity contribution in [2.75, 3.05) is 0 Å². The Morgan fingerprint density at radius 3 is 2.61 bits per heavy atom. The number of carbonyl (C=O) groups excluding carboxylic acids is 1. The van der Waals surface area contributed by atoms with E-state index in [2.05, 4.69) is 15.9 Å². The predicted octanol–water partition coefficient (Wildman–Crippen LogP) is 4.10. The zero-order valence-electron chi connectivity index (χ0n) is 14.9. The van der Waals surface area contributed by atoms with E-state index in [9.17, 15) is 13.2 Å². The van der Waals surface area contributed by atoms with E-state index in [0.717, 1.165) is 44.8 Å². The van der Waals surface area contributed by atoms with Crippen LogP contribution in [0.5, 0.6) is 0 Å². The molecule has 2 N–H and O–H groups in total. The number of ether oxygens (including phenoxy) is 1. The quantitative estimate of drug-likeness (QED) is 0.595. The molecule has 0 saturated carbocycles. The van der Waals surface area contributed by atoms with Gasteiger partial charge in [-0.3, -0.25) is 0 Å². The fourth-order valence-electron chi connectivity index (χ4n) is 3.73. The van der Waals surface area contributed by atoms with Gasteiger partial charge in [-0.25, -0.2) is 18.4 Å². The molecule has 0 atom stereocenters. The van der Waals surface area contributed by atoms with Crippen LogP contribution in [0.15, 0.2) is 57.9 Å². The van der Waals surface area contributed by atoms with Gasteiger partial charge in [0.1, 0.15) is 6.61 Å². The van der Waals surface area contributed by atoms with Gasteiger partial charge in [-0.1, -0.05) is 46.3 Å². The molecule has 0 heterocycles. The van der Waals surface area contributed by atoms with Crippen LogP contribution in [0.4, 0.5) is 0 Å². The van der Waals surface area contributed by atoms with Gasteiger partial charge in [0.15, 0.2) is 0 Å². The first kappa shape index (κ1) is 19.1. The molecule has 0 spiro atoms. The number of primary sulfonamides is 1. The lowest BCUT2D eigenvalue weighted by Crippen LogP contribution is -2.16. The standard InChI is InChI=1S/C21H18BrNO4S/c22-19-9-3-6-16-14(5-2-8-18(16)19)12-27-21(24)15-10-13-4-1-7-17(13)20(11-15)28(23,25)26/h2-3,5-6,8-11H,1,4,7,12H2,(H2,23,25,26). The smallest absolute Gasteiger partial charge is 0.338 e. The first-order valence-corrected chi connectivity index (χ1v) is 11.2. The molecule has 4 rings (SSSR count). The number of benzene rings is 3. The van der Waals surface area contributed by atoms with Crippen LogP contribution in [0.25, 0.3) is 10.8 Å². The number of sulfonamides is 1. The average Bonchev–Trinajstić information content (AvgIpc) is 3.13. The number of halogens is 1. The van der Waals surface area contributed by atoms with Crippen LogP contribution in [-0.4, -0.2) is 14.4 Å². The summed E-state index contributed by atoms with van der Waals surface area (Å²) in [6.07, 6.45) is 2.23. The monoisotopic (exact) mass is 459 g/mol. The fraction of sp³-hybridized carbons (Fsp3) is 0.190. The lowest BCUT2D eigenvalue weighted by Gasteiger charge is -2.12. The summed E-state index contributed by atoms with van der Waals surface area (Å²) in [6, 6.07) is 14.7. The van der Waals surface area contributed by atoms with Crippen molar-refractivity contribution in [1.29, 1.82) is 0 Å². The molecule has 0 saturated heterocycles. The summed E-state index contributed by atoms with van der Waals surface area (Å²) in [5, 5.41) is 7.38.